The number of rotatable bonds is 6. The van der Waals surface area contributed by atoms with Crippen molar-refractivity contribution in [1.82, 2.24) is 4.31 Å². The summed E-state index contributed by atoms with van der Waals surface area (Å²) in [6.45, 7) is 1.71. The van der Waals surface area contributed by atoms with E-state index in [9.17, 15) is 21.2 Å². The lowest BCUT2D eigenvalue weighted by molar-refractivity contribution is 0.441. The number of sulfonamides is 1. The van der Waals surface area contributed by atoms with Gasteiger partial charge in [-0.15, -0.1) is 11.6 Å². The fourth-order valence-corrected chi connectivity index (χ4v) is 4.16. The predicted molar refractivity (Wildman–Crippen MR) is 74.7 cm³/mol. The highest BCUT2D eigenvalue weighted by molar-refractivity contribution is 7.91. The molecule has 0 radical (unpaired) electrons. The molecule has 1 aromatic carbocycles. The SMILES string of the molecule is CCN(CCCl)S(=O)(=O)c1cc(S(C)(=O)=O)ccc1F. The maximum Gasteiger partial charge on any atom is 0.246 e. The molecular weight excluding hydrogens is 329 g/mol. The number of sulfone groups is 1. The van der Waals surface area contributed by atoms with Gasteiger partial charge in [-0.25, -0.2) is 21.2 Å². The number of hydrogen-bond donors (Lipinski definition) is 0. The van der Waals surface area contributed by atoms with E-state index in [4.69, 9.17) is 11.6 Å². The largest absolute Gasteiger partial charge is 0.246 e. The minimum absolute atomic E-state index is 0.0168. The van der Waals surface area contributed by atoms with Gasteiger partial charge in [-0.1, -0.05) is 6.92 Å². The van der Waals surface area contributed by atoms with Crippen LogP contribution in [0.25, 0.3) is 0 Å². The fourth-order valence-electron chi connectivity index (χ4n) is 1.59. The van der Waals surface area contributed by atoms with Gasteiger partial charge in [0.05, 0.1) is 4.90 Å². The van der Waals surface area contributed by atoms with Crippen molar-refractivity contribution in [3.63, 3.8) is 0 Å². The number of alkyl halides is 1. The Morgan fingerprint density at radius 1 is 1.25 bits per heavy atom. The smallest absolute Gasteiger partial charge is 0.224 e. The van der Waals surface area contributed by atoms with Gasteiger partial charge >= 0.3 is 0 Å². The van der Waals surface area contributed by atoms with Crippen molar-refractivity contribution in [3.05, 3.63) is 24.0 Å². The van der Waals surface area contributed by atoms with Gasteiger partial charge in [0.2, 0.25) is 10.0 Å². The summed E-state index contributed by atoms with van der Waals surface area (Å²) in [4.78, 5) is -0.910. The molecule has 0 bridgehead atoms. The molecular formula is C11H15ClFNO4S2. The van der Waals surface area contributed by atoms with Crippen molar-refractivity contribution in [3.8, 4) is 0 Å². The van der Waals surface area contributed by atoms with E-state index < -0.39 is 30.6 Å². The minimum atomic E-state index is -4.12. The molecule has 0 unspecified atom stereocenters. The molecule has 114 valence electrons. The van der Waals surface area contributed by atoms with Crippen molar-refractivity contribution in [2.45, 2.75) is 16.7 Å². The number of hydrogen-bond acceptors (Lipinski definition) is 4. The molecule has 0 aromatic heterocycles. The third-order valence-corrected chi connectivity index (χ3v) is 5.90. The van der Waals surface area contributed by atoms with Crippen molar-refractivity contribution in [2.24, 2.45) is 0 Å². The molecule has 0 N–H and O–H groups in total. The molecule has 0 aliphatic heterocycles. The molecule has 20 heavy (non-hydrogen) atoms. The molecule has 0 saturated carbocycles. The molecule has 0 spiro atoms. The Hall–Kier alpha value is -0.700. The molecule has 5 nitrogen and oxygen atoms in total. The first-order chi connectivity index (χ1) is 9.14. The topological polar surface area (TPSA) is 71.5 Å². The van der Waals surface area contributed by atoms with E-state index in [-0.39, 0.29) is 23.9 Å². The summed E-state index contributed by atoms with van der Waals surface area (Å²) < 4.78 is 62.2. The first kappa shape index (κ1) is 17.4. The van der Waals surface area contributed by atoms with Gasteiger partial charge in [-0.2, -0.15) is 4.31 Å². The third-order valence-electron chi connectivity index (χ3n) is 2.64. The van der Waals surface area contributed by atoms with E-state index in [1.54, 1.807) is 6.92 Å². The van der Waals surface area contributed by atoms with Crippen LogP contribution >= 0.6 is 11.6 Å². The maximum absolute atomic E-state index is 13.8. The van der Waals surface area contributed by atoms with E-state index in [0.717, 1.165) is 28.8 Å². The quantitative estimate of drug-likeness (QED) is 0.579. The van der Waals surface area contributed by atoms with E-state index >= 15 is 0 Å². The second-order valence-corrected chi connectivity index (χ2v) is 8.35. The summed E-state index contributed by atoms with van der Waals surface area (Å²) in [7, 11) is -7.74. The Kier molecular flexibility index (Phi) is 5.54. The average Bonchev–Trinajstić information content (AvgIpc) is 2.34. The van der Waals surface area contributed by atoms with Gasteiger partial charge in [0.1, 0.15) is 10.7 Å². The molecule has 9 heteroatoms. The average molecular weight is 344 g/mol. The summed E-state index contributed by atoms with van der Waals surface area (Å²) in [5, 5.41) is 0. The number of nitrogens with zero attached hydrogens (tertiary/aromatic N) is 1. The summed E-state index contributed by atoms with van der Waals surface area (Å²) >= 11 is 5.52. The Morgan fingerprint density at radius 3 is 2.30 bits per heavy atom. The first-order valence-corrected chi connectivity index (χ1v) is 9.57. The second kappa shape index (κ2) is 6.38. The Morgan fingerprint density at radius 2 is 1.85 bits per heavy atom. The van der Waals surface area contributed by atoms with Crippen LogP contribution in [0.2, 0.25) is 0 Å². The van der Waals surface area contributed by atoms with Gasteiger partial charge in [0.25, 0.3) is 0 Å². The highest BCUT2D eigenvalue weighted by Gasteiger charge is 2.27. The normalized spacial score (nSPS) is 12.8. The number of benzene rings is 1. The van der Waals surface area contributed by atoms with Gasteiger partial charge in [0, 0.05) is 25.2 Å². The lowest BCUT2D eigenvalue weighted by atomic mass is 10.3. The fraction of sp³-hybridized carbons (Fsp3) is 0.455. The van der Waals surface area contributed by atoms with E-state index in [1.165, 1.54) is 0 Å². The molecule has 0 saturated heterocycles. The third kappa shape index (κ3) is 3.69. The van der Waals surface area contributed by atoms with Crippen LogP contribution in [0.15, 0.2) is 28.0 Å². The molecule has 1 aromatic rings. The zero-order valence-electron chi connectivity index (χ0n) is 11.0. The number of halogens is 2. The van der Waals surface area contributed by atoms with Crippen LogP contribution < -0.4 is 0 Å². The molecule has 0 aliphatic rings. The van der Waals surface area contributed by atoms with Crippen LogP contribution in [0.1, 0.15) is 6.92 Å². The molecule has 0 aliphatic carbocycles. The van der Waals surface area contributed by atoms with Crippen LogP contribution in [0.5, 0.6) is 0 Å². The Bertz CT molecular complexity index is 688. The predicted octanol–water partition coefficient (Wildman–Crippen LogP) is 1.48. The lowest BCUT2D eigenvalue weighted by Crippen LogP contribution is -2.33. The zero-order chi connectivity index (χ0) is 15.6. The van der Waals surface area contributed by atoms with Crippen molar-refractivity contribution in [1.29, 1.82) is 0 Å². The van der Waals surface area contributed by atoms with Crippen LogP contribution in [0.4, 0.5) is 4.39 Å². The van der Waals surface area contributed by atoms with Crippen molar-refractivity contribution >= 4 is 31.5 Å². The summed E-state index contributed by atoms with van der Waals surface area (Å²) in [6.07, 6.45) is 0.924. The van der Waals surface area contributed by atoms with Crippen LogP contribution in [0.3, 0.4) is 0 Å². The van der Waals surface area contributed by atoms with Crippen LogP contribution in [-0.4, -0.2) is 46.4 Å². The van der Waals surface area contributed by atoms with Gasteiger partial charge < -0.3 is 0 Å². The summed E-state index contributed by atoms with van der Waals surface area (Å²) in [5.74, 6) is -0.939. The standard InChI is InChI=1S/C11H15ClFNO4S2/c1-3-14(7-6-12)20(17,18)11-8-9(19(2,15)16)4-5-10(11)13/h4-5,8H,3,6-7H2,1-2H3. The summed E-state index contributed by atoms with van der Waals surface area (Å²) in [6, 6.07) is 2.69. The van der Waals surface area contributed by atoms with Crippen LogP contribution in [0, 0.1) is 5.82 Å². The van der Waals surface area contributed by atoms with Gasteiger partial charge in [0.15, 0.2) is 9.84 Å². The highest BCUT2D eigenvalue weighted by Crippen LogP contribution is 2.23. The van der Waals surface area contributed by atoms with E-state index in [1.807, 2.05) is 0 Å². The molecule has 0 atom stereocenters. The zero-order valence-corrected chi connectivity index (χ0v) is 13.4. The molecule has 1 rings (SSSR count). The monoisotopic (exact) mass is 343 g/mol. The molecule has 0 fully saturated rings. The molecule has 0 heterocycles. The Labute approximate surface area is 123 Å². The van der Waals surface area contributed by atoms with Crippen molar-refractivity contribution < 1.29 is 21.2 Å². The Balaban J connectivity index is 3.45. The summed E-state index contributed by atoms with van der Waals surface area (Å²) in [5.41, 5.74) is 0. The van der Waals surface area contributed by atoms with Gasteiger partial charge in [-0.3, -0.25) is 0 Å². The van der Waals surface area contributed by atoms with Crippen LogP contribution in [-0.2, 0) is 19.9 Å². The minimum Gasteiger partial charge on any atom is -0.224 e. The second-order valence-electron chi connectivity index (χ2n) is 4.05. The van der Waals surface area contributed by atoms with E-state index in [0.29, 0.717) is 0 Å². The van der Waals surface area contributed by atoms with Crippen molar-refractivity contribution in [2.75, 3.05) is 25.2 Å². The van der Waals surface area contributed by atoms with E-state index in [2.05, 4.69) is 0 Å². The molecule has 0 amide bonds. The first-order valence-electron chi connectivity index (χ1n) is 5.70. The lowest BCUT2D eigenvalue weighted by Gasteiger charge is -2.19. The highest BCUT2D eigenvalue weighted by atomic mass is 35.5. The van der Waals surface area contributed by atoms with Gasteiger partial charge in [-0.05, 0) is 18.2 Å². The maximum atomic E-state index is 13.8.